The highest BCUT2D eigenvalue weighted by atomic mass is 16.8. The molecule has 95 heavy (non-hydrogen) atoms. The molecule has 0 radical (unpaired) electrons. The second kappa shape index (κ2) is 57.8. The number of carbonyl (C=O) groups excluding carboxylic acids is 1. The van der Waals surface area contributed by atoms with E-state index in [1.807, 2.05) is 0 Å². The molecule has 17 atom stereocenters. The van der Waals surface area contributed by atoms with Crippen molar-refractivity contribution in [1.82, 2.24) is 5.32 Å². The molecule has 1 amide bonds. The minimum atomic E-state index is -1.97. The Labute approximate surface area is 575 Å². The van der Waals surface area contributed by atoms with Crippen LogP contribution < -0.4 is 5.32 Å². The van der Waals surface area contributed by atoms with Crippen LogP contribution in [0, 0.1) is 0 Å². The first-order valence-corrected chi connectivity index (χ1v) is 39.1. The molecule has 3 saturated heterocycles. The number of hydrogen-bond donors (Lipinski definition) is 12. The third-order valence-electron chi connectivity index (χ3n) is 19.8. The molecule has 560 valence electrons. The van der Waals surface area contributed by atoms with E-state index < -0.39 is 124 Å². The van der Waals surface area contributed by atoms with Crippen LogP contribution in [0.25, 0.3) is 0 Å². The van der Waals surface area contributed by atoms with Crippen LogP contribution in [-0.2, 0) is 33.2 Å². The summed E-state index contributed by atoms with van der Waals surface area (Å²) < 4.78 is 34.5. The van der Waals surface area contributed by atoms with Crippen molar-refractivity contribution in [2.45, 2.75) is 426 Å². The molecular weight excluding hydrogens is 1210 g/mol. The standard InChI is InChI=1S/C76H143NO18/c1-3-5-7-9-11-13-15-17-19-20-21-22-23-24-25-26-27-28-29-30-31-32-33-34-35-36-37-38-40-42-44-46-48-50-52-54-64(82)77-59(60(81)53-51-49-47-45-43-41-39-18-16-14-12-10-8-6-4-2)58-90-74-70(88)67(85)72(62(56-79)92-74)95-76-71(89)68(86)73(63(57-80)93-76)94-75-69(87)66(84)65(83)61(55-78)91-75/h15,17,20-21,59-63,65-76,78-81,83-89H,3-14,16,18-19,22-58H2,1-2H3,(H,77,82)/b17-15-,21-20-. The van der Waals surface area contributed by atoms with Gasteiger partial charge in [0.15, 0.2) is 18.9 Å². The SMILES string of the molecule is CCCCCCC/C=C\C/C=C\CCCCCCCCCCCCCCCCCCCCCCCCCC(=O)NC(COC1OC(CO)C(OC2OC(CO)C(OC3OC(CO)C(O)C(O)C3O)C(O)C2O)C(O)C1O)C(O)CCCCCCCCCCCCCCCCC. The van der Waals surface area contributed by atoms with Crippen LogP contribution >= 0.6 is 0 Å². The molecule has 3 aliphatic heterocycles. The third-order valence-corrected chi connectivity index (χ3v) is 19.8. The number of amides is 1. The topological polar surface area (TPSA) is 307 Å². The molecule has 0 spiro atoms. The summed E-state index contributed by atoms with van der Waals surface area (Å²) in [6.07, 6.45) is 41.4. The molecule has 0 saturated carbocycles. The van der Waals surface area contributed by atoms with Gasteiger partial charge in [-0.05, 0) is 44.9 Å². The maximum atomic E-state index is 13.5. The van der Waals surface area contributed by atoms with Crippen LogP contribution in [0.15, 0.2) is 24.3 Å². The normalized spacial score (nSPS) is 27.3. The van der Waals surface area contributed by atoms with Gasteiger partial charge in [-0.25, -0.2) is 0 Å². The van der Waals surface area contributed by atoms with Crippen molar-refractivity contribution in [2.75, 3.05) is 26.4 Å². The van der Waals surface area contributed by atoms with Gasteiger partial charge in [-0.1, -0.05) is 295 Å². The smallest absolute Gasteiger partial charge is 0.220 e. The lowest BCUT2D eigenvalue weighted by Crippen LogP contribution is -2.66. The zero-order valence-corrected chi connectivity index (χ0v) is 59.7. The number of carbonyl (C=O) groups is 1. The minimum absolute atomic E-state index is 0.236. The maximum absolute atomic E-state index is 13.5. The van der Waals surface area contributed by atoms with Gasteiger partial charge in [0.1, 0.15) is 73.2 Å². The Balaban J connectivity index is 1.32. The number of nitrogens with one attached hydrogen (secondary N) is 1. The molecule has 17 unspecified atom stereocenters. The molecule has 3 aliphatic rings. The van der Waals surface area contributed by atoms with Crippen LogP contribution in [-0.4, -0.2) is 193 Å². The second-order valence-corrected chi connectivity index (χ2v) is 28.2. The molecule has 3 rings (SSSR count). The Bertz CT molecular complexity index is 1810. The number of allylic oxidation sites excluding steroid dienone is 4. The fourth-order valence-corrected chi connectivity index (χ4v) is 13.5. The van der Waals surface area contributed by atoms with Gasteiger partial charge in [-0.3, -0.25) is 4.79 Å². The minimum Gasteiger partial charge on any atom is -0.394 e. The lowest BCUT2D eigenvalue weighted by Gasteiger charge is -2.48. The van der Waals surface area contributed by atoms with E-state index in [0.717, 1.165) is 51.4 Å². The number of rotatable bonds is 62. The fraction of sp³-hybridized carbons (Fsp3) is 0.934. The Hall–Kier alpha value is -1.73. The summed E-state index contributed by atoms with van der Waals surface area (Å²) in [5.74, 6) is -0.236. The Morgan fingerprint density at radius 1 is 0.379 bits per heavy atom. The Morgan fingerprint density at radius 2 is 0.695 bits per heavy atom. The summed E-state index contributed by atoms with van der Waals surface area (Å²) in [5, 5.41) is 121. The summed E-state index contributed by atoms with van der Waals surface area (Å²) in [4.78, 5) is 13.5. The summed E-state index contributed by atoms with van der Waals surface area (Å²) in [6, 6.07) is -0.884. The van der Waals surface area contributed by atoms with Gasteiger partial charge in [0.05, 0.1) is 38.6 Å². The van der Waals surface area contributed by atoms with E-state index in [1.54, 1.807) is 0 Å². The van der Waals surface area contributed by atoms with E-state index in [4.69, 9.17) is 28.4 Å². The first-order chi connectivity index (χ1) is 46.3. The molecule has 19 heteroatoms. The lowest BCUT2D eigenvalue weighted by molar-refractivity contribution is -0.379. The van der Waals surface area contributed by atoms with Crippen LogP contribution in [0.3, 0.4) is 0 Å². The molecule has 19 nitrogen and oxygen atoms in total. The van der Waals surface area contributed by atoms with E-state index in [2.05, 4.69) is 43.5 Å². The first-order valence-electron chi connectivity index (χ1n) is 39.1. The largest absolute Gasteiger partial charge is 0.394 e. The average Bonchev–Trinajstić information content (AvgIpc) is 0.799. The predicted octanol–water partition coefficient (Wildman–Crippen LogP) is 12.2. The summed E-state index contributed by atoms with van der Waals surface area (Å²) >= 11 is 0. The van der Waals surface area contributed by atoms with Gasteiger partial charge < -0.3 is 89.9 Å². The van der Waals surface area contributed by atoms with Crippen molar-refractivity contribution in [1.29, 1.82) is 0 Å². The van der Waals surface area contributed by atoms with Crippen molar-refractivity contribution in [3.8, 4) is 0 Å². The number of aliphatic hydroxyl groups excluding tert-OH is 11. The highest BCUT2D eigenvalue weighted by molar-refractivity contribution is 5.76. The van der Waals surface area contributed by atoms with Crippen molar-refractivity contribution in [3.63, 3.8) is 0 Å². The molecule has 0 aromatic heterocycles. The third kappa shape index (κ3) is 38.8. The summed E-state index contributed by atoms with van der Waals surface area (Å²) in [5.41, 5.74) is 0. The Morgan fingerprint density at radius 3 is 1.07 bits per heavy atom. The van der Waals surface area contributed by atoms with Crippen molar-refractivity contribution in [3.05, 3.63) is 24.3 Å². The highest BCUT2D eigenvalue weighted by Gasteiger charge is 2.54. The molecule has 0 bridgehead atoms. The van der Waals surface area contributed by atoms with E-state index >= 15 is 0 Å². The molecule has 0 aromatic carbocycles. The van der Waals surface area contributed by atoms with E-state index in [9.17, 15) is 61.0 Å². The lowest BCUT2D eigenvalue weighted by atomic mass is 9.96. The summed E-state index contributed by atoms with van der Waals surface area (Å²) in [7, 11) is 0. The monoisotopic (exact) mass is 1360 g/mol. The van der Waals surface area contributed by atoms with Crippen LogP contribution in [0.2, 0.25) is 0 Å². The average molecular weight is 1360 g/mol. The van der Waals surface area contributed by atoms with E-state index in [-0.39, 0.29) is 18.9 Å². The van der Waals surface area contributed by atoms with E-state index in [1.165, 1.54) is 238 Å². The Kier molecular flexibility index (Phi) is 53.3. The van der Waals surface area contributed by atoms with Gasteiger partial charge >= 0.3 is 0 Å². The van der Waals surface area contributed by atoms with Crippen LogP contribution in [0.1, 0.15) is 322 Å². The number of hydrogen-bond acceptors (Lipinski definition) is 18. The van der Waals surface area contributed by atoms with Gasteiger partial charge in [-0.2, -0.15) is 0 Å². The van der Waals surface area contributed by atoms with Gasteiger partial charge in [-0.15, -0.1) is 0 Å². The molecule has 3 fully saturated rings. The van der Waals surface area contributed by atoms with Crippen LogP contribution in [0.4, 0.5) is 0 Å². The molecule has 0 aromatic rings. The number of ether oxygens (including phenoxy) is 6. The first kappa shape index (κ1) is 87.5. The zero-order chi connectivity index (χ0) is 68.9. The fourth-order valence-electron chi connectivity index (χ4n) is 13.5. The molecular formula is C76H143NO18. The highest BCUT2D eigenvalue weighted by Crippen LogP contribution is 2.33. The molecule has 0 aliphatic carbocycles. The zero-order valence-electron chi connectivity index (χ0n) is 59.7. The van der Waals surface area contributed by atoms with Crippen molar-refractivity contribution >= 4 is 5.91 Å². The number of unbranched alkanes of at least 4 members (excludes halogenated alkanes) is 42. The van der Waals surface area contributed by atoms with Gasteiger partial charge in [0.2, 0.25) is 5.91 Å². The molecule has 12 N–H and O–H groups in total. The number of aliphatic hydroxyl groups is 11. The van der Waals surface area contributed by atoms with Crippen molar-refractivity contribution in [2.24, 2.45) is 0 Å². The van der Waals surface area contributed by atoms with Crippen LogP contribution in [0.5, 0.6) is 0 Å². The van der Waals surface area contributed by atoms with E-state index in [0.29, 0.717) is 12.8 Å². The quantitative estimate of drug-likeness (QED) is 0.0199. The van der Waals surface area contributed by atoms with Gasteiger partial charge in [0, 0.05) is 6.42 Å². The molecule has 3 heterocycles. The summed E-state index contributed by atoms with van der Waals surface area (Å²) in [6.45, 7) is 1.83. The van der Waals surface area contributed by atoms with Gasteiger partial charge in [0.25, 0.3) is 0 Å². The predicted molar refractivity (Wildman–Crippen MR) is 374 cm³/mol. The van der Waals surface area contributed by atoms with Crippen molar-refractivity contribution < 1.29 is 89.4 Å². The maximum Gasteiger partial charge on any atom is 0.220 e. The second-order valence-electron chi connectivity index (χ2n) is 28.2.